The van der Waals surface area contributed by atoms with Crippen LogP contribution in [0.3, 0.4) is 0 Å². The van der Waals surface area contributed by atoms with Gasteiger partial charge in [-0.3, -0.25) is 0 Å². The van der Waals surface area contributed by atoms with Crippen LogP contribution in [0, 0.1) is 6.92 Å². The molecular weight excluding hydrogens is 310 g/mol. The van der Waals surface area contributed by atoms with Crippen molar-refractivity contribution in [3.05, 3.63) is 11.9 Å². The first-order valence-electron chi connectivity index (χ1n) is 7.76. The van der Waals surface area contributed by atoms with Crippen LogP contribution in [0.4, 0.5) is 5.82 Å². The van der Waals surface area contributed by atoms with Crippen LogP contribution in [0.1, 0.15) is 39.9 Å². The molecule has 0 radical (unpaired) electrons. The van der Waals surface area contributed by atoms with Crippen LogP contribution in [0.15, 0.2) is 6.07 Å². The third kappa shape index (κ3) is 4.56. The molecule has 1 aromatic heterocycles. The minimum absolute atomic E-state index is 0. The maximum atomic E-state index is 11.8. The van der Waals surface area contributed by atoms with E-state index in [-0.39, 0.29) is 7.43 Å². The zero-order valence-corrected chi connectivity index (χ0v) is 14.5. The smallest absolute Gasteiger partial charge is 0.349 e. The Hall–Kier alpha value is -1.89. The molecule has 2 rings (SSSR count). The Balaban J connectivity index is 0.00000288. The van der Waals surface area contributed by atoms with E-state index < -0.39 is 11.6 Å². The van der Waals surface area contributed by atoms with Gasteiger partial charge in [0.25, 0.3) is 0 Å². The first-order valence-corrected chi connectivity index (χ1v) is 7.76. The van der Waals surface area contributed by atoms with E-state index >= 15 is 0 Å². The van der Waals surface area contributed by atoms with Gasteiger partial charge in [0.2, 0.25) is 11.5 Å². The van der Waals surface area contributed by atoms with Crippen molar-refractivity contribution in [2.45, 2.75) is 52.7 Å². The number of hydrogen-bond acceptors (Lipinski definition) is 7. The summed E-state index contributed by atoms with van der Waals surface area (Å²) in [4.78, 5) is 22.8. The van der Waals surface area contributed by atoms with Crippen molar-refractivity contribution >= 4 is 11.8 Å². The molecule has 0 aliphatic carbocycles. The van der Waals surface area contributed by atoms with E-state index in [9.17, 15) is 4.79 Å². The fourth-order valence-corrected chi connectivity index (χ4v) is 2.78. The van der Waals surface area contributed by atoms with Crippen LogP contribution in [0.25, 0.3) is 0 Å². The van der Waals surface area contributed by atoms with Gasteiger partial charge >= 0.3 is 5.97 Å². The van der Waals surface area contributed by atoms with Crippen molar-refractivity contribution in [2.75, 3.05) is 32.3 Å². The molecule has 0 aromatic carbocycles. The number of carbonyl (C=O) groups is 1. The van der Waals surface area contributed by atoms with Gasteiger partial charge in [0, 0.05) is 19.7 Å². The second-order valence-corrected chi connectivity index (χ2v) is 6.16. The molecule has 24 heavy (non-hydrogen) atoms. The lowest BCUT2D eigenvalue weighted by molar-refractivity contribution is -0.156. The number of anilines is 1. The Morgan fingerprint density at radius 2 is 2.08 bits per heavy atom. The highest BCUT2D eigenvalue weighted by atomic mass is 16.6. The summed E-state index contributed by atoms with van der Waals surface area (Å²) in [6.45, 7) is 6.69. The molecule has 7 heteroatoms. The van der Waals surface area contributed by atoms with Gasteiger partial charge in [-0.2, -0.15) is 4.98 Å². The topological polar surface area (TPSA) is 73.8 Å². The molecule has 0 bridgehead atoms. The standard InChI is InChI=1S/C16H25N3O4.CH4/c1-11-17-13(19-8-6-7-12(19)10-21-4)9-14(18-11)23-16(2,3)15(20)22-5;/h9,12H,6-8,10H2,1-5H3;1H4/t12-;/m0./s1. The van der Waals surface area contributed by atoms with Gasteiger partial charge in [0.15, 0.2) is 0 Å². The van der Waals surface area contributed by atoms with Crippen molar-refractivity contribution in [3.63, 3.8) is 0 Å². The molecule has 0 spiro atoms. The number of aromatic nitrogens is 2. The Labute approximate surface area is 144 Å². The molecule has 1 saturated heterocycles. The number of carbonyl (C=O) groups excluding carboxylic acids is 1. The highest BCUT2D eigenvalue weighted by Gasteiger charge is 2.32. The van der Waals surface area contributed by atoms with Crippen LogP contribution in [-0.4, -0.2) is 55.0 Å². The summed E-state index contributed by atoms with van der Waals surface area (Å²) in [5, 5.41) is 0. The normalized spacial score (nSPS) is 17.4. The van der Waals surface area contributed by atoms with E-state index in [1.54, 1.807) is 27.0 Å². The molecule has 0 saturated carbocycles. The van der Waals surface area contributed by atoms with Crippen LogP contribution < -0.4 is 9.64 Å². The van der Waals surface area contributed by atoms with E-state index in [0.717, 1.165) is 25.2 Å². The fourth-order valence-electron chi connectivity index (χ4n) is 2.78. The van der Waals surface area contributed by atoms with Crippen LogP contribution in [0.5, 0.6) is 5.88 Å². The van der Waals surface area contributed by atoms with Crippen LogP contribution in [-0.2, 0) is 14.3 Å². The largest absolute Gasteiger partial charge is 0.466 e. The van der Waals surface area contributed by atoms with Gasteiger partial charge in [-0.1, -0.05) is 7.43 Å². The summed E-state index contributed by atoms with van der Waals surface area (Å²) in [6, 6.07) is 2.07. The minimum Gasteiger partial charge on any atom is -0.466 e. The van der Waals surface area contributed by atoms with Gasteiger partial charge in [0.05, 0.1) is 19.8 Å². The Morgan fingerprint density at radius 3 is 2.71 bits per heavy atom. The van der Waals surface area contributed by atoms with Gasteiger partial charge in [-0.15, -0.1) is 0 Å². The number of ether oxygens (including phenoxy) is 3. The van der Waals surface area contributed by atoms with E-state index in [2.05, 4.69) is 14.9 Å². The Morgan fingerprint density at radius 1 is 1.38 bits per heavy atom. The maximum Gasteiger partial charge on any atom is 0.349 e. The summed E-state index contributed by atoms with van der Waals surface area (Å²) in [5.74, 6) is 1.31. The molecular formula is C17H29N3O4. The Bertz CT molecular complexity index is 563. The van der Waals surface area contributed by atoms with Crippen molar-refractivity contribution < 1.29 is 19.0 Å². The van der Waals surface area contributed by atoms with Crippen molar-refractivity contribution in [3.8, 4) is 5.88 Å². The second-order valence-electron chi connectivity index (χ2n) is 6.16. The first-order chi connectivity index (χ1) is 10.9. The monoisotopic (exact) mass is 339 g/mol. The van der Waals surface area contributed by atoms with Crippen LogP contribution >= 0.6 is 0 Å². The zero-order valence-electron chi connectivity index (χ0n) is 14.5. The molecule has 1 aliphatic heterocycles. The summed E-state index contributed by atoms with van der Waals surface area (Å²) in [7, 11) is 3.04. The molecule has 0 amide bonds. The molecule has 1 atom stereocenters. The van der Waals surface area contributed by atoms with Gasteiger partial charge < -0.3 is 19.1 Å². The highest BCUT2D eigenvalue weighted by Crippen LogP contribution is 2.28. The van der Waals surface area contributed by atoms with Crippen molar-refractivity contribution in [1.82, 2.24) is 9.97 Å². The van der Waals surface area contributed by atoms with Gasteiger partial charge in [-0.25, -0.2) is 9.78 Å². The summed E-state index contributed by atoms with van der Waals surface area (Å²) >= 11 is 0. The summed E-state index contributed by atoms with van der Waals surface area (Å²) in [5.41, 5.74) is -1.11. The molecule has 2 heterocycles. The highest BCUT2D eigenvalue weighted by molar-refractivity contribution is 5.78. The average Bonchev–Trinajstić information content (AvgIpc) is 2.94. The quantitative estimate of drug-likeness (QED) is 0.737. The predicted molar refractivity (Wildman–Crippen MR) is 92.5 cm³/mol. The average molecular weight is 339 g/mol. The summed E-state index contributed by atoms with van der Waals surface area (Å²) < 4.78 is 15.8. The minimum atomic E-state index is -1.11. The molecule has 1 aliphatic rings. The van der Waals surface area contributed by atoms with Crippen LogP contribution in [0.2, 0.25) is 0 Å². The summed E-state index contributed by atoms with van der Waals surface area (Å²) in [6.07, 6.45) is 2.17. The lowest BCUT2D eigenvalue weighted by Gasteiger charge is -2.27. The zero-order chi connectivity index (χ0) is 17.0. The van der Waals surface area contributed by atoms with Gasteiger partial charge in [-0.05, 0) is 33.6 Å². The fraction of sp³-hybridized carbons (Fsp3) is 0.706. The molecule has 0 N–H and O–H groups in total. The van der Waals surface area contributed by atoms with Crippen molar-refractivity contribution in [2.24, 2.45) is 0 Å². The predicted octanol–water partition coefficient (Wildman–Crippen LogP) is 2.37. The van der Waals surface area contributed by atoms with E-state index in [0.29, 0.717) is 24.4 Å². The number of rotatable bonds is 6. The van der Waals surface area contributed by atoms with Crippen molar-refractivity contribution in [1.29, 1.82) is 0 Å². The lowest BCUT2D eigenvalue weighted by atomic mass is 10.1. The lowest BCUT2D eigenvalue weighted by Crippen LogP contribution is -2.39. The maximum absolute atomic E-state index is 11.8. The first kappa shape index (κ1) is 20.2. The SMILES string of the molecule is C.COC[C@@H]1CCCN1c1cc(OC(C)(C)C(=O)OC)nc(C)n1. The molecule has 0 unspecified atom stereocenters. The molecule has 1 aromatic rings. The van der Waals surface area contributed by atoms with E-state index in [1.165, 1.54) is 7.11 Å². The van der Waals surface area contributed by atoms with Gasteiger partial charge in [0.1, 0.15) is 11.6 Å². The Kier molecular flexibility index (Phi) is 6.95. The number of methoxy groups -OCH3 is 2. The number of esters is 1. The van der Waals surface area contributed by atoms with E-state index in [1.807, 2.05) is 6.92 Å². The van der Waals surface area contributed by atoms with E-state index in [4.69, 9.17) is 14.2 Å². The number of nitrogens with zero attached hydrogens (tertiary/aromatic N) is 3. The third-order valence-electron chi connectivity index (χ3n) is 3.87. The number of hydrogen-bond donors (Lipinski definition) is 0. The molecule has 7 nitrogen and oxygen atoms in total. The third-order valence-corrected chi connectivity index (χ3v) is 3.87. The molecule has 136 valence electrons. The second kappa shape index (κ2) is 8.28. The molecule has 1 fully saturated rings. The number of aryl methyl sites for hydroxylation is 1.